The Kier molecular flexibility index (Phi) is 2.72. The van der Waals surface area contributed by atoms with Crippen LogP contribution in [-0.4, -0.2) is 12.5 Å². The molecule has 78 valence electrons. The molecule has 0 saturated carbocycles. The van der Waals surface area contributed by atoms with Crippen LogP contribution in [0.25, 0.3) is 0 Å². The lowest BCUT2D eigenvalue weighted by Crippen LogP contribution is -2.19. The number of fused-ring (bicyclic) bond motifs is 1. The Balaban J connectivity index is 2.04. The molecule has 1 aromatic rings. The highest BCUT2D eigenvalue weighted by atomic mass is 16.5. The van der Waals surface area contributed by atoms with E-state index in [0.717, 1.165) is 24.3 Å². The third-order valence-corrected chi connectivity index (χ3v) is 2.41. The van der Waals surface area contributed by atoms with Crippen LogP contribution in [0.1, 0.15) is 11.1 Å². The molecule has 0 fully saturated rings. The number of benzene rings is 1. The number of rotatable bonds is 3. The Morgan fingerprint density at radius 1 is 1.60 bits per heavy atom. The van der Waals surface area contributed by atoms with Gasteiger partial charge in [-0.15, -0.1) is 0 Å². The van der Waals surface area contributed by atoms with Crippen LogP contribution in [0.15, 0.2) is 30.9 Å². The maximum atomic E-state index is 11.0. The summed E-state index contributed by atoms with van der Waals surface area (Å²) < 4.78 is 5.40. The van der Waals surface area contributed by atoms with E-state index < -0.39 is 0 Å². The van der Waals surface area contributed by atoms with Crippen molar-refractivity contribution in [2.45, 2.75) is 13.0 Å². The Bertz CT molecular complexity index is 399. The summed E-state index contributed by atoms with van der Waals surface area (Å²) in [6, 6.07) is 6.00. The van der Waals surface area contributed by atoms with Gasteiger partial charge < -0.3 is 10.1 Å². The summed E-state index contributed by atoms with van der Waals surface area (Å²) >= 11 is 0. The van der Waals surface area contributed by atoms with Crippen molar-refractivity contribution in [2.24, 2.45) is 0 Å². The summed E-state index contributed by atoms with van der Waals surface area (Å²) in [6.07, 6.45) is 2.23. The minimum atomic E-state index is -0.147. The second-order valence-electron chi connectivity index (χ2n) is 3.46. The van der Waals surface area contributed by atoms with Gasteiger partial charge in [0.05, 0.1) is 6.61 Å². The van der Waals surface area contributed by atoms with Gasteiger partial charge in [-0.1, -0.05) is 18.7 Å². The molecule has 1 heterocycles. The van der Waals surface area contributed by atoms with Crippen molar-refractivity contribution in [3.63, 3.8) is 0 Å². The second kappa shape index (κ2) is 4.17. The number of carbonyl (C=O) groups excluding carboxylic acids is 1. The quantitative estimate of drug-likeness (QED) is 0.754. The average molecular weight is 203 g/mol. The molecule has 0 saturated heterocycles. The number of hydrogen-bond donors (Lipinski definition) is 1. The van der Waals surface area contributed by atoms with Crippen molar-refractivity contribution in [3.8, 4) is 5.75 Å². The van der Waals surface area contributed by atoms with Gasteiger partial charge in [-0.05, 0) is 23.3 Å². The van der Waals surface area contributed by atoms with Gasteiger partial charge >= 0.3 is 0 Å². The predicted molar refractivity (Wildman–Crippen MR) is 57.7 cm³/mol. The highest BCUT2D eigenvalue weighted by Crippen LogP contribution is 2.25. The van der Waals surface area contributed by atoms with E-state index in [-0.39, 0.29) is 5.91 Å². The van der Waals surface area contributed by atoms with E-state index in [2.05, 4.69) is 18.0 Å². The molecule has 1 amide bonds. The molecule has 0 aliphatic carbocycles. The normalized spacial score (nSPS) is 12.8. The minimum Gasteiger partial charge on any atom is -0.493 e. The van der Waals surface area contributed by atoms with Gasteiger partial charge in [0, 0.05) is 13.0 Å². The third kappa shape index (κ3) is 2.18. The van der Waals surface area contributed by atoms with Crippen LogP contribution >= 0.6 is 0 Å². The Morgan fingerprint density at radius 3 is 3.27 bits per heavy atom. The Hall–Kier alpha value is -1.77. The third-order valence-electron chi connectivity index (χ3n) is 2.41. The first-order valence-corrected chi connectivity index (χ1v) is 4.94. The molecule has 0 unspecified atom stereocenters. The standard InChI is InChI=1S/C12H13NO2/c1-2-12(14)13-8-9-3-4-11-10(7-9)5-6-15-11/h2-4,7H,1,5-6,8H2,(H,13,14). The van der Waals surface area contributed by atoms with Crippen molar-refractivity contribution < 1.29 is 9.53 Å². The molecule has 1 N–H and O–H groups in total. The number of nitrogens with one attached hydrogen (secondary N) is 1. The topological polar surface area (TPSA) is 38.3 Å². The summed E-state index contributed by atoms with van der Waals surface area (Å²) in [6.45, 7) is 4.70. The first-order valence-electron chi connectivity index (χ1n) is 4.94. The zero-order chi connectivity index (χ0) is 10.7. The van der Waals surface area contributed by atoms with Crippen LogP contribution < -0.4 is 10.1 Å². The molecule has 15 heavy (non-hydrogen) atoms. The largest absolute Gasteiger partial charge is 0.493 e. The van der Waals surface area contributed by atoms with Crippen LogP contribution in [-0.2, 0) is 17.8 Å². The summed E-state index contributed by atoms with van der Waals surface area (Å²) in [5.41, 5.74) is 2.31. The molecule has 1 aromatic carbocycles. The fourth-order valence-corrected chi connectivity index (χ4v) is 1.61. The molecule has 0 radical (unpaired) electrons. The number of amides is 1. The summed E-state index contributed by atoms with van der Waals surface area (Å²) in [5.74, 6) is 0.820. The molecule has 3 heteroatoms. The molecule has 0 bridgehead atoms. The summed E-state index contributed by atoms with van der Waals surface area (Å²) in [7, 11) is 0. The van der Waals surface area contributed by atoms with Crippen molar-refractivity contribution in [1.82, 2.24) is 5.32 Å². The lowest BCUT2D eigenvalue weighted by Gasteiger charge is -2.04. The average Bonchev–Trinajstić information content (AvgIpc) is 2.72. The van der Waals surface area contributed by atoms with Gasteiger partial charge in [0.25, 0.3) is 0 Å². The van der Waals surface area contributed by atoms with Crippen molar-refractivity contribution in [2.75, 3.05) is 6.61 Å². The van der Waals surface area contributed by atoms with E-state index in [1.165, 1.54) is 11.6 Å². The number of ether oxygens (including phenoxy) is 1. The van der Waals surface area contributed by atoms with Gasteiger partial charge in [0.15, 0.2) is 0 Å². The van der Waals surface area contributed by atoms with Crippen molar-refractivity contribution in [3.05, 3.63) is 42.0 Å². The fourth-order valence-electron chi connectivity index (χ4n) is 1.61. The summed E-state index contributed by atoms with van der Waals surface area (Å²) in [5, 5.41) is 2.74. The zero-order valence-corrected chi connectivity index (χ0v) is 8.45. The van der Waals surface area contributed by atoms with Crippen molar-refractivity contribution in [1.29, 1.82) is 0 Å². The first-order chi connectivity index (χ1) is 7.29. The van der Waals surface area contributed by atoms with Gasteiger partial charge in [-0.3, -0.25) is 4.79 Å². The molecule has 1 aliphatic rings. The van der Waals surface area contributed by atoms with Gasteiger partial charge in [0.1, 0.15) is 5.75 Å². The lowest BCUT2D eigenvalue weighted by atomic mass is 10.1. The second-order valence-corrected chi connectivity index (χ2v) is 3.46. The van der Waals surface area contributed by atoms with E-state index >= 15 is 0 Å². The first kappa shape index (κ1) is 9.77. The number of hydrogen-bond acceptors (Lipinski definition) is 2. The van der Waals surface area contributed by atoms with Crippen molar-refractivity contribution >= 4 is 5.91 Å². The van der Waals surface area contributed by atoms with E-state index in [4.69, 9.17) is 4.74 Å². The lowest BCUT2D eigenvalue weighted by molar-refractivity contribution is -0.116. The SMILES string of the molecule is C=CC(=O)NCc1ccc2c(c1)CCO2. The smallest absolute Gasteiger partial charge is 0.243 e. The van der Waals surface area contributed by atoms with Crippen LogP contribution in [0.3, 0.4) is 0 Å². The Labute approximate surface area is 88.8 Å². The highest BCUT2D eigenvalue weighted by molar-refractivity contribution is 5.86. The van der Waals surface area contributed by atoms with Crippen LogP contribution in [0, 0.1) is 0 Å². The highest BCUT2D eigenvalue weighted by Gasteiger charge is 2.11. The van der Waals surface area contributed by atoms with Gasteiger partial charge in [-0.25, -0.2) is 0 Å². The molecular formula is C12H13NO2. The van der Waals surface area contributed by atoms with Crippen LogP contribution in [0.4, 0.5) is 0 Å². The maximum absolute atomic E-state index is 11.0. The molecule has 2 rings (SSSR count). The predicted octanol–water partition coefficient (Wildman–Crippen LogP) is 1.42. The molecular weight excluding hydrogens is 190 g/mol. The number of carbonyl (C=O) groups is 1. The molecule has 1 aliphatic heterocycles. The Morgan fingerprint density at radius 2 is 2.47 bits per heavy atom. The van der Waals surface area contributed by atoms with Crippen LogP contribution in [0.5, 0.6) is 5.75 Å². The van der Waals surface area contributed by atoms with Gasteiger partial charge in [-0.2, -0.15) is 0 Å². The molecule has 0 spiro atoms. The van der Waals surface area contributed by atoms with E-state index in [9.17, 15) is 4.79 Å². The minimum absolute atomic E-state index is 0.147. The van der Waals surface area contributed by atoms with E-state index in [1.54, 1.807) is 0 Å². The molecule has 3 nitrogen and oxygen atoms in total. The van der Waals surface area contributed by atoms with Crippen LogP contribution in [0.2, 0.25) is 0 Å². The molecule has 0 aromatic heterocycles. The fraction of sp³-hybridized carbons (Fsp3) is 0.250. The zero-order valence-electron chi connectivity index (χ0n) is 8.45. The van der Waals surface area contributed by atoms with Gasteiger partial charge in [0.2, 0.25) is 5.91 Å². The molecule has 0 atom stereocenters. The monoisotopic (exact) mass is 203 g/mol. The van der Waals surface area contributed by atoms with E-state index in [0.29, 0.717) is 6.54 Å². The summed E-state index contributed by atoms with van der Waals surface area (Å²) in [4.78, 5) is 11.0. The maximum Gasteiger partial charge on any atom is 0.243 e. The van der Waals surface area contributed by atoms with E-state index in [1.807, 2.05) is 12.1 Å².